The Balaban J connectivity index is 1.38. The van der Waals surface area contributed by atoms with Crippen molar-refractivity contribution in [2.75, 3.05) is 27.2 Å². The van der Waals surface area contributed by atoms with E-state index < -0.39 is 0 Å². The fraction of sp³-hybridized carbons (Fsp3) is 0.950. The van der Waals surface area contributed by atoms with Crippen LogP contribution < -0.4 is 31.9 Å². The number of carbonyl (C=O) groups is 1. The Hall–Kier alpha value is -0.930. The molecule has 1 aliphatic carbocycles. The lowest BCUT2D eigenvalue weighted by Gasteiger charge is -2.41. The second kappa shape index (κ2) is 10.7. The van der Waals surface area contributed by atoms with Gasteiger partial charge in [0, 0.05) is 12.1 Å². The standard InChI is InChI=1S/C20H41N7O/c1-14-13-18(21-11-6-12-27(2)3)24-19(22-14)26-20(28)25-17-10-9-15-7-4-5-8-16(15)23-17/h14-19,21-24H,4-13H2,1-3H3,(H2,25,26,28). The van der Waals surface area contributed by atoms with Crippen LogP contribution in [0.1, 0.15) is 58.3 Å². The largest absolute Gasteiger partial charge is 0.323 e. The van der Waals surface area contributed by atoms with Crippen LogP contribution in [0.5, 0.6) is 0 Å². The molecule has 3 rings (SSSR count). The lowest BCUT2D eigenvalue weighted by atomic mass is 9.79. The number of nitrogens with zero attached hydrogens (tertiary/aromatic N) is 1. The predicted octanol–water partition coefficient (Wildman–Crippen LogP) is 0.676. The van der Waals surface area contributed by atoms with E-state index >= 15 is 0 Å². The highest BCUT2D eigenvalue weighted by Crippen LogP contribution is 2.31. The van der Waals surface area contributed by atoms with E-state index in [2.05, 4.69) is 57.8 Å². The Kier molecular flexibility index (Phi) is 8.35. The van der Waals surface area contributed by atoms with Gasteiger partial charge in [-0.25, -0.2) is 4.79 Å². The van der Waals surface area contributed by atoms with Gasteiger partial charge in [-0.15, -0.1) is 0 Å². The minimum atomic E-state index is -0.221. The second-order valence-electron chi connectivity index (χ2n) is 9.13. The molecule has 2 aliphatic heterocycles. The molecule has 6 atom stereocenters. The number of hydrogen-bond donors (Lipinski definition) is 6. The van der Waals surface area contributed by atoms with E-state index in [0.29, 0.717) is 12.1 Å². The zero-order valence-corrected chi connectivity index (χ0v) is 17.9. The topological polar surface area (TPSA) is 92.5 Å². The molecule has 0 aromatic heterocycles. The highest BCUT2D eigenvalue weighted by molar-refractivity contribution is 5.74. The summed E-state index contributed by atoms with van der Waals surface area (Å²) in [4.78, 5) is 14.7. The Bertz CT molecular complexity index is 489. The van der Waals surface area contributed by atoms with Gasteiger partial charge < -0.3 is 20.9 Å². The number of piperidine rings is 1. The molecule has 3 fully saturated rings. The Morgan fingerprint density at radius 1 is 1.00 bits per heavy atom. The average molecular weight is 396 g/mol. The summed E-state index contributed by atoms with van der Waals surface area (Å²) in [7, 11) is 4.19. The van der Waals surface area contributed by atoms with Crippen LogP contribution in [0.25, 0.3) is 0 Å². The molecule has 0 spiro atoms. The van der Waals surface area contributed by atoms with Crippen LogP contribution in [0.15, 0.2) is 0 Å². The van der Waals surface area contributed by atoms with Crippen LogP contribution in [0.3, 0.4) is 0 Å². The maximum Gasteiger partial charge on any atom is 0.318 e. The predicted molar refractivity (Wildman–Crippen MR) is 113 cm³/mol. The fourth-order valence-corrected chi connectivity index (χ4v) is 4.86. The van der Waals surface area contributed by atoms with Gasteiger partial charge in [-0.3, -0.25) is 16.0 Å². The summed E-state index contributed by atoms with van der Waals surface area (Å²) in [5, 5.41) is 20.3. The van der Waals surface area contributed by atoms with Crippen LogP contribution in [0.4, 0.5) is 4.79 Å². The molecule has 0 aromatic rings. The van der Waals surface area contributed by atoms with E-state index in [1.165, 1.54) is 32.1 Å². The molecule has 0 radical (unpaired) electrons. The fourth-order valence-electron chi connectivity index (χ4n) is 4.86. The molecule has 8 nitrogen and oxygen atoms in total. The van der Waals surface area contributed by atoms with Gasteiger partial charge in [0.05, 0.1) is 12.3 Å². The van der Waals surface area contributed by atoms with Gasteiger partial charge >= 0.3 is 6.03 Å². The van der Waals surface area contributed by atoms with Crippen molar-refractivity contribution in [3.8, 4) is 0 Å². The summed E-state index contributed by atoms with van der Waals surface area (Å²) < 4.78 is 0. The third-order valence-electron chi connectivity index (χ3n) is 6.31. The van der Waals surface area contributed by atoms with E-state index in [1.54, 1.807) is 0 Å². The van der Waals surface area contributed by atoms with E-state index in [9.17, 15) is 4.79 Å². The summed E-state index contributed by atoms with van der Waals surface area (Å²) in [5.74, 6) is 0.803. The van der Waals surface area contributed by atoms with Gasteiger partial charge in [0.2, 0.25) is 0 Å². The van der Waals surface area contributed by atoms with Gasteiger partial charge in [0.15, 0.2) is 0 Å². The second-order valence-corrected chi connectivity index (χ2v) is 9.13. The first-order chi connectivity index (χ1) is 13.5. The van der Waals surface area contributed by atoms with Crippen molar-refractivity contribution < 1.29 is 4.79 Å². The maximum absolute atomic E-state index is 12.5. The number of hydrogen-bond acceptors (Lipinski definition) is 6. The lowest BCUT2D eigenvalue weighted by Crippen LogP contribution is -2.69. The monoisotopic (exact) mass is 395 g/mol. The van der Waals surface area contributed by atoms with Gasteiger partial charge in [-0.2, -0.15) is 0 Å². The summed E-state index contributed by atoms with van der Waals surface area (Å²) in [6.45, 7) is 4.21. The van der Waals surface area contributed by atoms with Crippen molar-refractivity contribution in [2.45, 2.75) is 89.0 Å². The molecule has 28 heavy (non-hydrogen) atoms. The molecule has 3 aliphatic rings. The van der Waals surface area contributed by atoms with Crippen molar-refractivity contribution in [1.29, 1.82) is 0 Å². The van der Waals surface area contributed by atoms with Crippen LogP contribution >= 0.6 is 0 Å². The summed E-state index contributed by atoms with van der Waals surface area (Å²) in [6.07, 6.45) is 9.68. The number of rotatable bonds is 7. The first kappa shape index (κ1) is 21.8. The summed E-state index contributed by atoms with van der Waals surface area (Å²) >= 11 is 0. The van der Waals surface area contributed by atoms with Crippen LogP contribution in [-0.4, -0.2) is 68.8 Å². The SMILES string of the molecule is CC1CC(NCCCN(C)C)NC(NC(=O)NC2CCC3CCCCC3N2)N1. The first-order valence-corrected chi connectivity index (χ1v) is 11.2. The van der Waals surface area contributed by atoms with Gasteiger partial charge in [0.25, 0.3) is 0 Å². The number of amides is 2. The van der Waals surface area contributed by atoms with E-state index in [4.69, 9.17) is 0 Å². The normalized spacial score (nSPS) is 36.0. The van der Waals surface area contributed by atoms with Crippen molar-refractivity contribution in [3.05, 3.63) is 0 Å². The molecular formula is C20H41N7O. The minimum Gasteiger partial charge on any atom is -0.323 e. The quantitative estimate of drug-likeness (QED) is 0.355. The molecule has 2 heterocycles. The highest BCUT2D eigenvalue weighted by Gasteiger charge is 2.32. The number of nitrogens with one attached hydrogen (secondary N) is 6. The first-order valence-electron chi connectivity index (χ1n) is 11.2. The van der Waals surface area contributed by atoms with Gasteiger partial charge in [-0.05, 0) is 78.6 Å². The van der Waals surface area contributed by atoms with Crippen molar-refractivity contribution in [1.82, 2.24) is 36.8 Å². The molecule has 2 amide bonds. The van der Waals surface area contributed by atoms with Crippen LogP contribution in [0, 0.1) is 5.92 Å². The third kappa shape index (κ3) is 6.84. The molecule has 162 valence electrons. The summed E-state index contributed by atoms with van der Waals surface area (Å²) in [5.41, 5.74) is 0. The lowest BCUT2D eigenvalue weighted by molar-refractivity contribution is 0.154. The van der Waals surface area contributed by atoms with Crippen molar-refractivity contribution >= 4 is 6.03 Å². The van der Waals surface area contributed by atoms with Gasteiger partial charge in [-0.1, -0.05) is 12.8 Å². The van der Waals surface area contributed by atoms with E-state index in [1.807, 2.05) is 0 Å². The van der Waals surface area contributed by atoms with E-state index in [0.717, 1.165) is 38.3 Å². The highest BCUT2D eigenvalue weighted by atomic mass is 16.2. The molecule has 2 saturated heterocycles. The third-order valence-corrected chi connectivity index (χ3v) is 6.31. The van der Waals surface area contributed by atoms with Crippen molar-refractivity contribution in [3.63, 3.8) is 0 Å². The van der Waals surface area contributed by atoms with Crippen LogP contribution in [0.2, 0.25) is 0 Å². The van der Waals surface area contributed by atoms with Crippen LogP contribution in [-0.2, 0) is 0 Å². The number of carbonyl (C=O) groups excluding carboxylic acids is 1. The smallest absolute Gasteiger partial charge is 0.318 e. The summed E-state index contributed by atoms with van der Waals surface area (Å²) in [6, 6.07) is 0.806. The zero-order chi connectivity index (χ0) is 19.9. The molecule has 6 N–H and O–H groups in total. The minimum absolute atomic E-state index is 0.0836. The van der Waals surface area contributed by atoms with Crippen molar-refractivity contribution in [2.24, 2.45) is 5.92 Å². The Labute approximate surface area is 170 Å². The number of urea groups is 1. The molecular weight excluding hydrogens is 354 g/mol. The molecule has 1 saturated carbocycles. The molecule has 0 bridgehead atoms. The molecule has 6 unspecified atom stereocenters. The molecule has 8 heteroatoms. The average Bonchev–Trinajstić information content (AvgIpc) is 2.64. The Morgan fingerprint density at radius 2 is 1.82 bits per heavy atom. The zero-order valence-electron chi connectivity index (χ0n) is 17.9. The maximum atomic E-state index is 12.5. The molecule has 0 aromatic carbocycles. The van der Waals surface area contributed by atoms with Gasteiger partial charge in [0.1, 0.15) is 6.29 Å². The Morgan fingerprint density at radius 3 is 2.64 bits per heavy atom. The van der Waals surface area contributed by atoms with E-state index in [-0.39, 0.29) is 24.7 Å². The number of fused-ring (bicyclic) bond motifs is 1.